The van der Waals surface area contributed by atoms with Gasteiger partial charge in [0.05, 0.1) is 25.1 Å². The van der Waals surface area contributed by atoms with Gasteiger partial charge in [-0.1, -0.05) is 24.8 Å². The lowest BCUT2D eigenvalue weighted by Crippen LogP contribution is -2.40. The van der Waals surface area contributed by atoms with E-state index in [9.17, 15) is 18.0 Å². The van der Waals surface area contributed by atoms with E-state index in [1.54, 1.807) is 7.05 Å². The Labute approximate surface area is 179 Å². The molecule has 0 aliphatic carbocycles. The SMILES string of the molecule is CN=C(NCC#Cc1cccc(C(F)(F)F)c1)N1CC(C)C(C(=O)OC)C1.I. The van der Waals surface area contributed by atoms with Gasteiger partial charge in [0.2, 0.25) is 0 Å². The summed E-state index contributed by atoms with van der Waals surface area (Å²) in [6, 6.07) is 4.89. The van der Waals surface area contributed by atoms with Gasteiger partial charge in [0.1, 0.15) is 0 Å². The average molecular weight is 509 g/mol. The number of hydrogen-bond donors (Lipinski definition) is 1. The first-order valence-electron chi connectivity index (χ1n) is 8.45. The Morgan fingerprint density at radius 1 is 1.39 bits per heavy atom. The molecule has 0 saturated carbocycles. The van der Waals surface area contributed by atoms with Gasteiger partial charge in [0, 0.05) is 25.7 Å². The van der Waals surface area contributed by atoms with E-state index < -0.39 is 11.7 Å². The van der Waals surface area contributed by atoms with Crippen molar-refractivity contribution in [3.8, 4) is 11.8 Å². The van der Waals surface area contributed by atoms with Crippen LogP contribution in [0.4, 0.5) is 13.2 Å². The lowest BCUT2D eigenvalue weighted by atomic mass is 9.99. The molecule has 1 aromatic carbocycles. The number of esters is 1. The van der Waals surface area contributed by atoms with Crippen LogP contribution in [0.3, 0.4) is 0 Å². The molecule has 2 rings (SSSR count). The van der Waals surface area contributed by atoms with E-state index in [4.69, 9.17) is 4.74 Å². The molecule has 1 fully saturated rings. The molecule has 28 heavy (non-hydrogen) atoms. The molecule has 1 aliphatic rings. The van der Waals surface area contributed by atoms with Crippen LogP contribution in [0.2, 0.25) is 0 Å². The summed E-state index contributed by atoms with van der Waals surface area (Å²) in [6.07, 6.45) is -4.39. The van der Waals surface area contributed by atoms with Gasteiger partial charge in [0.15, 0.2) is 5.96 Å². The number of hydrogen-bond acceptors (Lipinski definition) is 3. The number of likely N-dealkylation sites (tertiary alicyclic amines) is 1. The first-order valence-corrected chi connectivity index (χ1v) is 8.45. The maximum absolute atomic E-state index is 12.7. The van der Waals surface area contributed by atoms with E-state index in [-0.39, 0.29) is 48.3 Å². The number of aliphatic imine (C=N–C) groups is 1. The monoisotopic (exact) mass is 509 g/mol. The van der Waals surface area contributed by atoms with Gasteiger partial charge in [-0.25, -0.2) is 0 Å². The first kappa shape index (κ1) is 24.1. The second kappa shape index (κ2) is 10.5. The largest absolute Gasteiger partial charge is 0.469 e. The zero-order valence-electron chi connectivity index (χ0n) is 15.8. The predicted octanol–water partition coefficient (Wildman–Crippen LogP) is 2.99. The van der Waals surface area contributed by atoms with Gasteiger partial charge in [0.25, 0.3) is 0 Å². The standard InChI is InChI=1S/C19H22F3N3O2.HI/c1-13-11-25(12-16(13)17(26)27-3)18(23-2)24-9-5-7-14-6-4-8-15(10-14)19(20,21)22;/h4,6,8,10,13,16H,9,11-12H2,1-3H3,(H,23,24);1H. The Hall–Kier alpha value is -1.96. The zero-order valence-corrected chi connectivity index (χ0v) is 18.2. The van der Waals surface area contributed by atoms with E-state index in [1.165, 1.54) is 19.2 Å². The summed E-state index contributed by atoms with van der Waals surface area (Å²) in [4.78, 5) is 17.9. The summed E-state index contributed by atoms with van der Waals surface area (Å²) in [6.45, 7) is 3.34. The average Bonchev–Trinajstić information content (AvgIpc) is 3.02. The number of methoxy groups -OCH3 is 1. The Morgan fingerprint density at radius 2 is 2.11 bits per heavy atom. The van der Waals surface area contributed by atoms with Gasteiger partial charge in [-0.05, 0) is 24.1 Å². The Kier molecular flexibility index (Phi) is 9.07. The van der Waals surface area contributed by atoms with Crippen molar-refractivity contribution in [2.24, 2.45) is 16.8 Å². The third-order valence-corrected chi connectivity index (χ3v) is 4.39. The topological polar surface area (TPSA) is 53.9 Å². The Morgan fingerprint density at radius 3 is 2.71 bits per heavy atom. The second-order valence-corrected chi connectivity index (χ2v) is 6.29. The summed E-state index contributed by atoms with van der Waals surface area (Å²) in [5, 5.41) is 3.05. The van der Waals surface area contributed by atoms with E-state index in [0.29, 0.717) is 24.6 Å². The number of alkyl halides is 3. The van der Waals surface area contributed by atoms with Gasteiger partial charge < -0.3 is 15.0 Å². The molecular formula is C19H23F3IN3O2. The fraction of sp³-hybridized carbons (Fsp3) is 0.474. The van der Waals surface area contributed by atoms with Crippen LogP contribution in [-0.4, -0.2) is 50.6 Å². The molecule has 2 atom stereocenters. The van der Waals surface area contributed by atoms with Crippen LogP contribution in [0.15, 0.2) is 29.3 Å². The first-order chi connectivity index (χ1) is 12.8. The maximum atomic E-state index is 12.7. The molecule has 5 nitrogen and oxygen atoms in total. The smallest absolute Gasteiger partial charge is 0.416 e. The van der Waals surface area contributed by atoms with Crippen LogP contribution in [0, 0.1) is 23.7 Å². The highest BCUT2D eigenvalue weighted by Crippen LogP contribution is 2.29. The summed E-state index contributed by atoms with van der Waals surface area (Å²) >= 11 is 0. The van der Waals surface area contributed by atoms with Crippen LogP contribution in [0.25, 0.3) is 0 Å². The van der Waals surface area contributed by atoms with E-state index >= 15 is 0 Å². The number of carbonyl (C=O) groups is 1. The third kappa shape index (κ3) is 6.29. The molecule has 0 spiro atoms. The second-order valence-electron chi connectivity index (χ2n) is 6.29. The van der Waals surface area contributed by atoms with Gasteiger partial charge in [-0.15, -0.1) is 24.0 Å². The summed E-state index contributed by atoms with van der Waals surface area (Å²) in [5.74, 6) is 5.77. The van der Waals surface area contributed by atoms with Gasteiger partial charge >= 0.3 is 12.1 Å². The molecule has 0 bridgehead atoms. The lowest BCUT2D eigenvalue weighted by Gasteiger charge is -2.20. The van der Waals surface area contributed by atoms with Crippen molar-refractivity contribution in [2.45, 2.75) is 13.1 Å². The molecule has 0 amide bonds. The van der Waals surface area contributed by atoms with E-state index in [2.05, 4.69) is 22.2 Å². The minimum atomic E-state index is -4.39. The normalized spacial score (nSPS) is 19.4. The molecule has 1 aromatic rings. The third-order valence-electron chi connectivity index (χ3n) is 4.39. The summed E-state index contributed by atoms with van der Waals surface area (Å²) < 4.78 is 43.0. The maximum Gasteiger partial charge on any atom is 0.416 e. The van der Waals surface area contributed by atoms with Crippen LogP contribution in [0.5, 0.6) is 0 Å². The van der Waals surface area contributed by atoms with Crippen molar-refractivity contribution < 1.29 is 22.7 Å². The molecule has 1 saturated heterocycles. The Bertz CT molecular complexity index is 772. The van der Waals surface area contributed by atoms with Crippen LogP contribution >= 0.6 is 24.0 Å². The number of nitrogens with zero attached hydrogens (tertiary/aromatic N) is 2. The molecule has 0 aromatic heterocycles. The predicted molar refractivity (Wildman–Crippen MR) is 111 cm³/mol. The van der Waals surface area contributed by atoms with Crippen LogP contribution in [-0.2, 0) is 15.7 Å². The van der Waals surface area contributed by atoms with Crippen LogP contribution < -0.4 is 5.32 Å². The quantitative estimate of drug-likeness (QED) is 0.219. The van der Waals surface area contributed by atoms with Gasteiger partial charge in [-0.2, -0.15) is 13.2 Å². The van der Waals surface area contributed by atoms with Crippen molar-refractivity contribution in [3.05, 3.63) is 35.4 Å². The van der Waals surface area contributed by atoms with Crippen LogP contribution in [0.1, 0.15) is 18.1 Å². The molecule has 1 aliphatic heterocycles. The number of rotatable bonds is 2. The molecule has 1 N–H and O–H groups in total. The minimum absolute atomic E-state index is 0. The minimum Gasteiger partial charge on any atom is -0.469 e. The van der Waals surface area contributed by atoms with E-state index in [0.717, 1.165) is 12.1 Å². The molecule has 2 unspecified atom stereocenters. The summed E-state index contributed by atoms with van der Waals surface area (Å²) in [7, 11) is 2.99. The number of ether oxygens (including phenoxy) is 1. The van der Waals surface area contributed by atoms with Crippen molar-refractivity contribution in [2.75, 3.05) is 33.8 Å². The zero-order chi connectivity index (χ0) is 20.0. The van der Waals surface area contributed by atoms with Crippen molar-refractivity contribution in [3.63, 3.8) is 0 Å². The number of benzene rings is 1. The molecule has 0 radical (unpaired) electrons. The van der Waals surface area contributed by atoms with Gasteiger partial charge in [-0.3, -0.25) is 9.79 Å². The fourth-order valence-electron chi connectivity index (χ4n) is 2.97. The molecule has 9 heteroatoms. The number of guanidine groups is 1. The number of carbonyl (C=O) groups excluding carboxylic acids is 1. The van der Waals surface area contributed by atoms with Crippen molar-refractivity contribution in [1.29, 1.82) is 0 Å². The van der Waals surface area contributed by atoms with Crippen molar-refractivity contribution in [1.82, 2.24) is 10.2 Å². The highest BCUT2D eigenvalue weighted by Gasteiger charge is 2.36. The number of halogens is 4. The molecule has 1 heterocycles. The lowest BCUT2D eigenvalue weighted by molar-refractivity contribution is -0.146. The van der Waals surface area contributed by atoms with E-state index in [1.807, 2.05) is 11.8 Å². The summed E-state index contributed by atoms with van der Waals surface area (Å²) in [5.41, 5.74) is -0.430. The highest BCUT2D eigenvalue weighted by atomic mass is 127. The van der Waals surface area contributed by atoms with Crippen molar-refractivity contribution >= 4 is 35.9 Å². The fourth-order valence-corrected chi connectivity index (χ4v) is 2.97. The number of nitrogens with one attached hydrogen (secondary N) is 1. The highest BCUT2D eigenvalue weighted by molar-refractivity contribution is 14.0. The molecular weight excluding hydrogens is 486 g/mol. The Balaban J connectivity index is 0.00000392. The molecule has 154 valence electrons.